The number of aliphatic carboxylic acids is 1. The number of rotatable bonds is 1. The molecule has 60 valence electrons. The van der Waals surface area contributed by atoms with Crippen LogP contribution in [-0.4, -0.2) is 23.0 Å². The minimum absolute atomic E-state index is 0.792. The van der Waals surface area contributed by atoms with E-state index in [4.69, 9.17) is 5.11 Å². The Morgan fingerprint density at radius 1 is 1.45 bits per heavy atom. The molecule has 0 spiro atoms. The van der Waals surface area contributed by atoms with Gasteiger partial charge in [-0.25, -0.2) is 9.59 Å². The van der Waals surface area contributed by atoms with Crippen LogP contribution < -0.4 is 5.48 Å². The van der Waals surface area contributed by atoms with E-state index in [0.29, 0.717) is 0 Å². The summed E-state index contributed by atoms with van der Waals surface area (Å²) in [6.07, 6.45) is 0.829. The molecule has 11 heavy (non-hydrogen) atoms. The summed E-state index contributed by atoms with van der Waals surface area (Å²) in [5, 5.41) is 7.92. The van der Waals surface area contributed by atoms with Gasteiger partial charge >= 0.3 is 11.9 Å². The summed E-state index contributed by atoms with van der Waals surface area (Å²) < 4.78 is 0. The molecule has 0 aliphatic rings. The van der Waals surface area contributed by atoms with E-state index >= 15 is 0 Å². The summed E-state index contributed by atoms with van der Waals surface area (Å²) in [6.45, 7) is 3.03. The maximum atomic E-state index is 10.2. The van der Waals surface area contributed by atoms with E-state index in [-0.39, 0.29) is 0 Å². The van der Waals surface area contributed by atoms with E-state index in [1.807, 2.05) is 0 Å². The maximum Gasteiger partial charge on any atom is 0.441 e. The maximum absolute atomic E-state index is 10.2. The second-order valence-corrected chi connectivity index (χ2v) is 1.37. The van der Waals surface area contributed by atoms with Crippen molar-refractivity contribution < 1.29 is 24.3 Å². The molecule has 0 radical (unpaired) electrons. The van der Waals surface area contributed by atoms with Crippen molar-refractivity contribution >= 4 is 17.8 Å². The lowest BCUT2D eigenvalue weighted by Crippen LogP contribution is -2.29. The molecule has 0 aromatic heterocycles. The highest BCUT2D eigenvalue weighted by Crippen LogP contribution is 1.73. The molecule has 0 aromatic carbocycles. The zero-order valence-electron chi connectivity index (χ0n) is 5.36. The molecule has 0 rings (SSSR count). The fraction of sp³-hybridized carbons (Fsp3) is 0. The molecule has 1 amide bonds. The first-order valence-electron chi connectivity index (χ1n) is 2.44. The highest BCUT2D eigenvalue weighted by Gasteiger charge is 2.13. The molecular weight excluding hydrogens is 154 g/mol. The molecule has 0 fully saturated rings. The number of carbonyl (C=O) groups excluding carboxylic acids is 2. The van der Waals surface area contributed by atoms with E-state index in [9.17, 15) is 14.4 Å². The number of amides is 1. The molecule has 0 aliphatic carbocycles. The van der Waals surface area contributed by atoms with Gasteiger partial charge in [-0.1, -0.05) is 6.58 Å². The lowest BCUT2D eigenvalue weighted by atomic mass is 10.6. The molecule has 6 nitrogen and oxygen atoms in total. The van der Waals surface area contributed by atoms with Crippen LogP contribution in [0.2, 0.25) is 0 Å². The van der Waals surface area contributed by atoms with Gasteiger partial charge in [0, 0.05) is 0 Å². The number of carboxylic acid groups (broad SMARTS) is 1. The Balaban J connectivity index is 3.71. The van der Waals surface area contributed by atoms with Gasteiger partial charge in [0.05, 0.1) is 0 Å². The van der Waals surface area contributed by atoms with Gasteiger partial charge in [0.2, 0.25) is 0 Å². The van der Waals surface area contributed by atoms with Gasteiger partial charge in [0.25, 0.3) is 5.91 Å². The summed E-state index contributed by atoms with van der Waals surface area (Å²) in [5.41, 5.74) is 1.53. The van der Waals surface area contributed by atoms with Crippen molar-refractivity contribution in [1.29, 1.82) is 0 Å². The lowest BCUT2D eigenvalue weighted by molar-refractivity contribution is -0.170. The van der Waals surface area contributed by atoms with Crippen molar-refractivity contribution in [3.8, 4) is 0 Å². The zero-order chi connectivity index (χ0) is 8.85. The summed E-state index contributed by atoms with van der Waals surface area (Å²) in [7, 11) is 0. The number of hydrogen-bond donors (Lipinski definition) is 2. The van der Waals surface area contributed by atoms with Crippen LogP contribution in [-0.2, 0) is 19.2 Å². The zero-order valence-corrected chi connectivity index (χ0v) is 5.36. The summed E-state index contributed by atoms with van der Waals surface area (Å²) in [5.74, 6) is -4.13. The highest BCUT2D eigenvalue weighted by atomic mass is 16.7. The predicted molar refractivity (Wildman–Crippen MR) is 32.1 cm³/mol. The van der Waals surface area contributed by atoms with Crippen LogP contribution in [0.25, 0.3) is 0 Å². The lowest BCUT2D eigenvalue weighted by Gasteiger charge is -1.97. The van der Waals surface area contributed by atoms with Crippen LogP contribution in [0.1, 0.15) is 0 Å². The van der Waals surface area contributed by atoms with Crippen LogP contribution in [0, 0.1) is 0 Å². The number of nitrogens with one attached hydrogen (secondary N) is 1. The first-order valence-corrected chi connectivity index (χ1v) is 2.44. The van der Waals surface area contributed by atoms with E-state index in [1.54, 1.807) is 0 Å². The van der Waals surface area contributed by atoms with Gasteiger partial charge in [-0.3, -0.25) is 4.79 Å². The first-order chi connectivity index (χ1) is 5.07. The Kier molecular flexibility index (Phi) is 3.36. The number of carboxylic acids is 1. The molecule has 0 saturated heterocycles. The molecular formula is C5H5NO5. The first kappa shape index (κ1) is 9.15. The summed E-state index contributed by atoms with van der Waals surface area (Å²) >= 11 is 0. The van der Waals surface area contributed by atoms with E-state index in [1.165, 1.54) is 5.48 Å². The monoisotopic (exact) mass is 159 g/mol. The standard InChI is InChI=1S/C5H5NO5/c1-2-3(7)6-11-5(10)4(8)9/h2H,1H2,(H,6,7)(H,8,9). The number of hydroxylamine groups is 1. The second-order valence-electron chi connectivity index (χ2n) is 1.37. The van der Waals surface area contributed by atoms with Crippen molar-refractivity contribution in [2.45, 2.75) is 0 Å². The van der Waals surface area contributed by atoms with Crippen molar-refractivity contribution in [3.63, 3.8) is 0 Å². The molecule has 2 N–H and O–H groups in total. The topological polar surface area (TPSA) is 92.7 Å². The van der Waals surface area contributed by atoms with Gasteiger partial charge < -0.3 is 9.94 Å². The SMILES string of the molecule is C=CC(=O)NOC(=O)C(=O)O. The Morgan fingerprint density at radius 3 is 2.36 bits per heavy atom. The van der Waals surface area contributed by atoms with Crippen LogP contribution in [0.5, 0.6) is 0 Å². The summed E-state index contributed by atoms with van der Waals surface area (Å²) in [4.78, 5) is 33.8. The fourth-order valence-electron chi connectivity index (χ4n) is 0.182. The van der Waals surface area contributed by atoms with Crippen LogP contribution in [0.15, 0.2) is 12.7 Å². The molecule has 0 unspecified atom stereocenters. The molecule has 0 atom stereocenters. The molecule has 0 bridgehead atoms. The average Bonchev–Trinajstić information content (AvgIpc) is 1.99. The van der Waals surface area contributed by atoms with Gasteiger partial charge in [0.1, 0.15) is 0 Å². The summed E-state index contributed by atoms with van der Waals surface area (Å²) in [6, 6.07) is 0. The van der Waals surface area contributed by atoms with Gasteiger partial charge in [-0.15, -0.1) is 0 Å². The third kappa shape index (κ3) is 3.68. The Hall–Kier alpha value is -1.85. The Labute approximate surface area is 61.4 Å². The fourth-order valence-corrected chi connectivity index (χ4v) is 0.182. The predicted octanol–water partition coefficient (Wildman–Crippen LogP) is -1.17. The van der Waals surface area contributed by atoms with Gasteiger partial charge in [-0.05, 0) is 6.08 Å². The van der Waals surface area contributed by atoms with Gasteiger partial charge in [0.15, 0.2) is 0 Å². The molecule has 6 heteroatoms. The smallest absolute Gasteiger partial charge is 0.441 e. The molecule has 0 heterocycles. The molecule has 0 aromatic rings. The minimum Gasteiger partial charge on any atom is -0.473 e. The van der Waals surface area contributed by atoms with Crippen LogP contribution in [0.3, 0.4) is 0 Å². The van der Waals surface area contributed by atoms with E-state index in [0.717, 1.165) is 6.08 Å². The third-order valence-corrected chi connectivity index (χ3v) is 0.604. The largest absolute Gasteiger partial charge is 0.473 e. The second kappa shape index (κ2) is 4.04. The quantitative estimate of drug-likeness (QED) is 0.285. The number of hydrogen-bond acceptors (Lipinski definition) is 4. The van der Waals surface area contributed by atoms with E-state index < -0.39 is 17.8 Å². The Bertz CT molecular complexity index is 209. The van der Waals surface area contributed by atoms with E-state index in [2.05, 4.69) is 11.4 Å². The van der Waals surface area contributed by atoms with Crippen LogP contribution in [0.4, 0.5) is 0 Å². The highest BCUT2D eigenvalue weighted by molar-refractivity contribution is 6.28. The molecule has 0 aliphatic heterocycles. The number of carbonyl (C=O) groups is 3. The molecule has 0 saturated carbocycles. The van der Waals surface area contributed by atoms with Crippen molar-refractivity contribution in [1.82, 2.24) is 5.48 Å². The third-order valence-electron chi connectivity index (χ3n) is 0.604. The average molecular weight is 159 g/mol. The normalized spacial score (nSPS) is 8.00. The Morgan fingerprint density at radius 2 is 2.00 bits per heavy atom. The van der Waals surface area contributed by atoms with Crippen molar-refractivity contribution in [2.75, 3.05) is 0 Å². The van der Waals surface area contributed by atoms with Crippen LogP contribution >= 0.6 is 0 Å². The van der Waals surface area contributed by atoms with Gasteiger partial charge in [-0.2, -0.15) is 5.48 Å². The van der Waals surface area contributed by atoms with Crippen molar-refractivity contribution in [2.24, 2.45) is 0 Å². The minimum atomic E-state index is -1.78. The van der Waals surface area contributed by atoms with Crippen molar-refractivity contribution in [3.05, 3.63) is 12.7 Å².